The standard InChI is InChI=1S/C9H16O2/c1-7-4-5-11-8(10)9(2,3)6-7/h7H,4-6H2,1-3H3. The first kappa shape index (κ1) is 8.57. The van der Waals surface area contributed by atoms with Crippen LogP contribution in [0.1, 0.15) is 33.6 Å². The number of hydrogen-bond acceptors (Lipinski definition) is 2. The van der Waals surface area contributed by atoms with E-state index >= 15 is 0 Å². The minimum atomic E-state index is -0.268. The zero-order valence-corrected chi connectivity index (χ0v) is 7.52. The van der Waals surface area contributed by atoms with Crippen molar-refractivity contribution in [2.24, 2.45) is 11.3 Å². The summed E-state index contributed by atoms with van der Waals surface area (Å²) in [6.45, 7) is 6.68. The summed E-state index contributed by atoms with van der Waals surface area (Å²) in [5, 5.41) is 0. The smallest absolute Gasteiger partial charge is 0.311 e. The fourth-order valence-electron chi connectivity index (χ4n) is 1.60. The lowest BCUT2D eigenvalue weighted by molar-refractivity contribution is -0.152. The number of carbonyl (C=O) groups is 1. The van der Waals surface area contributed by atoms with Crippen LogP contribution >= 0.6 is 0 Å². The highest BCUT2D eigenvalue weighted by Gasteiger charge is 2.33. The second-order valence-electron chi connectivity index (χ2n) is 4.12. The van der Waals surface area contributed by atoms with Crippen LogP contribution in [0.15, 0.2) is 0 Å². The third-order valence-electron chi connectivity index (χ3n) is 2.26. The van der Waals surface area contributed by atoms with Gasteiger partial charge in [-0.3, -0.25) is 4.79 Å². The van der Waals surface area contributed by atoms with E-state index in [2.05, 4.69) is 6.92 Å². The van der Waals surface area contributed by atoms with E-state index in [1.165, 1.54) is 0 Å². The molecule has 1 saturated heterocycles. The lowest BCUT2D eigenvalue weighted by Crippen LogP contribution is -2.25. The van der Waals surface area contributed by atoms with Crippen molar-refractivity contribution >= 4 is 5.97 Å². The molecule has 0 spiro atoms. The fraction of sp³-hybridized carbons (Fsp3) is 0.889. The summed E-state index contributed by atoms with van der Waals surface area (Å²) >= 11 is 0. The van der Waals surface area contributed by atoms with Crippen molar-refractivity contribution in [2.45, 2.75) is 33.6 Å². The predicted octanol–water partition coefficient (Wildman–Crippen LogP) is 1.99. The summed E-state index contributed by atoms with van der Waals surface area (Å²) in [5.41, 5.74) is -0.268. The zero-order chi connectivity index (χ0) is 8.48. The molecule has 0 bridgehead atoms. The summed E-state index contributed by atoms with van der Waals surface area (Å²) in [6, 6.07) is 0. The molecule has 2 heteroatoms. The minimum Gasteiger partial charge on any atom is -0.465 e. The molecule has 1 unspecified atom stereocenters. The number of hydrogen-bond donors (Lipinski definition) is 0. The fourth-order valence-corrected chi connectivity index (χ4v) is 1.60. The summed E-state index contributed by atoms with van der Waals surface area (Å²) < 4.78 is 5.05. The van der Waals surface area contributed by atoms with Crippen molar-refractivity contribution in [1.82, 2.24) is 0 Å². The van der Waals surface area contributed by atoms with E-state index in [4.69, 9.17) is 4.74 Å². The number of esters is 1. The third kappa shape index (κ3) is 1.95. The van der Waals surface area contributed by atoms with Gasteiger partial charge in [0.15, 0.2) is 0 Å². The summed E-state index contributed by atoms with van der Waals surface area (Å²) in [7, 11) is 0. The van der Waals surface area contributed by atoms with Gasteiger partial charge in [-0.05, 0) is 32.6 Å². The highest BCUT2D eigenvalue weighted by atomic mass is 16.5. The maximum Gasteiger partial charge on any atom is 0.311 e. The SMILES string of the molecule is CC1CCOC(=O)C(C)(C)C1. The van der Waals surface area contributed by atoms with Crippen molar-refractivity contribution in [3.05, 3.63) is 0 Å². The molecule has 1 aliphatic rings. The molecule has 0 saturated carbocycles. The first-order valence-electron chi connectivity index (χ1n) is 4.19. The second kappa shape index (κ2) is 2.84. The highest BCUT2D eigenvalue weighted by molar-refractivity contribution is 5.76. The summed E-state index contributed by atoms with van der Waals surface area (Å²) in [5.74, 6) is 0.568. The first-order valence-corrected chi connectivity index (χ1v) is 4.19. The number of cyclic esters (lactones) is 1. The van der Waals surface area contributed by atoms with Crippen molar-refractivity contribution in [1.29, 1.82) is 0 Å². The van der Waals surface area contributed by atoms with Gasteiger partial charge in [0.2, 0.25) is 0 Å². The molecule has 0 aromatic carbocycles. The van der Waals surface area contributed by atoms with Gasteiger partial charge in [-0.15, -0.1) is 0 Å². The molecular weight excluding hydrogens is 140 g/mol. The maximum absolute atomic E-state index is 11.3. The van der Waals surface area contributed by atoms with Gasteiger partial charge >= 0.3 is 5.97 Å². The minimum absolute atomic E-state index is 0.0400. The van der Waals surface area contributed by atoms with Gasteiger partial charge in [0.1, 0.15) is 0 Å². The molecule has 0 aromatic rings. The van der Waals surface area contributed by atoms with E-state index in [1.807, 2.05) is 13.8 Å². The molecule has 0 amide bonds. The average Bonchev–Trinajstić information content (AvgIpc) is 1.93. The molecule has 1 rings (SSSR count). The lowest BCUT2D eigenvalue weighted by Gasteiger charge is -2.20. The van der Waals surface area contributed by atoms with Crippen LogP contribution in [-0.2, 0) is 9.53 Å². The van der Waals surface area contributed by atoms with Crippen LogP contribution in [0.5, 0.6) is 0 Å². The molecule has 11 heavy (non-hydrogen) atoms. The predicted molar refractivity (Wildman–Crippen MR) is 43.1 cm³/mol. The van der Waals surface area contributed by atoms with Crippen molar-refractivity contribution in [3.8, 4) is 0 Å². The topological polar surface area (TPSA) is 26.3 Å². The molecule has 2 nitrogen and oxygen atoms in total. The Morgan fingerprint density at radius 1 is 1.55 bits per heavy atom. The Hall–Kier alpha value is -0.530. The van der Waals surface area contributed by atoms with E-state index in [0.29, 0.717) is 12.5 Å². The molecular formula is C9H16O2. The van der Waals surface area contributed by atoms with Gasteiger partial charge in [0.25, 0.3) is 0 Å². The molecule has 1 fully saturated rings. The monoisotopic (exact) mass is 156 g/mol. The molecule has 0 aliphatic carbocycles. The molecule has 0 radical (unpaired) electrons. The van der Waals surface area contributed by atoms with Crippen LogP contribution < -0.4 is 0 Å². The van der Waals surface area contributed by atoms with Crippen LogP contribution in [0.3, 0.4) is 0 Å². The van der Waals surface area contributed by atoms with Gasteiger partial charge in [0, 0.05) is 0 Å². The Kier molecular flexibility index (Phi) is 2.21. The Morgan fingerprint density at radius 2 is 2.18 bits per heavy atom. The van der Waals surface area contributed by atoms with Crippen LogP contribution in [-0.4, -0.2) is 12.6 Å². The van der Waals surface area contributed by atoms with Gasteiger partial charge in [-0.1, -0.05) is 6.92 Å². The largest absolute Gasteiger partial charge is 0.465 e. The number of rotatable bonds is 0. The summed E-state index contributed by atoms with van der Waals surface area (Å²) in [4.78, 5) is 11.3. The van der Waals surface area contributed by atoms with Crippen LogP contribution in [0.2, 0.25) is 0 Å². The van der Waals surface area contributed by atoms with Gasteiger partial charge in [-0.25, -0.2) is 0 Å². The number of ether oxygens (including phenoxy) is 1. The van der Waals surface area contributed by atoms with Crippen LogP contribution in [0.25, 0.3) is 0 Å². The second-order valence-corrected chi connectivity index (χ2v) is 4.12. The Balaban J connectivity index is 2.68. The Morgan fingerprint density at radius 3 is 2.82 bits per heavy atom. The quantitative estimate of drug-likeness (QED) is 0.501. The van der Waals surface area contributed by atoms with Crippen molar-refractivity contribution in [2.75, 3.05) is 6.61 Å². The maximum atomic E-state index is 11.3. The molecule has 0 N–H and O–H groups in total. The van der Waals surface area contributed by atoms with Crippen molar-refractivity contribution in [3.63, 3.8) is 0 Å². The Labute approximate surface area is 67.9 Å². The van der Waals surface area contributed by atoms with E-state index in [9.17, 15) is 4.79 Å². The van der Waals surface area contributed by atoms with Gasteiger partial charge < -0.3 is 4.74 Å². The zero-order valence-electron chi connectivity index (χ0n) is 7.52. The van der Waals surface area contributed by atoms with E-state index in [0.717, 1.165) is 12.8 Å². The molecule has 0 aromatic heterocycles. The van der Waals surface area contributed by atoms with E-state index in [-0.39, 0.29) is 11.4 Å². The van der Waals surface area contributed by atoms with Gasteiger partial charge in [0.05, 0.1) is 12.0 Å². The normalized spacial score (nSPS) is 30.8. The van der Waals surface area contributed by atoms with Crippen LogP contribution in [0.4, 0.5) is 0 Å². The molecule has 1 aliphatic heterocycles. The molecule has 1 atom stereocenters. The summed E-state index contributed by atoms with van der Waals surface area (Å²) in [6.07, 6.45) is 1.96. The third-order valence-corrected chi connectivity index (χ3v) is 2.26. The average molecular weight is 156 g/mol. The van der Waals surface area contributed by atoms with Gasteiger partial charge in [-0.2, -0.15) is 0 Å². The molecule has 64 valence electrons. The van der Waals surface area contributed by atoms with Crippen molar-refractivity contribution < 1.29 is 9.53 Å². The number of carbonyl (C=O) groups excluding carboxylic acids is 1. The van der Waals surface area contributed by atoms with E-state index in [1.54, 1.807) is 0 Å². The van der Waals surface area contributed by atoms with E-state index < -0.39 is 0 Å². The lowest BCUT2D eigenvalue weighted by atomic mass is 9.83. The molecule has 1 heterocycles. The first-order chi connectivity index (χ1) is 5.02. The highest BCUT2D eigenvalue weighted by Crippen LogP contribution is 2.31. The van der Waals surface area contributed by atoms with Crippen LogP contribution in [0, 0.1) is 11.3 Å². The Bertz CT molecular complexity index is 161.